The van der Waals surface area contributed by atoms with Crippen molar-refractivity contribution in [1.29, 1.82) is 0 Å². The second-order valence-corrected chi connectivity index (χ2v) is 15.7. The molecule has 1 aromatic rings. The first-order chi connectivity index (χ1) is 10.8. The SMILES string of the molecule is CCC[CH2][Sn]1([CH2]CCC)[O]C[C@H](COCc2ccccc2)[O]1. The first kappa shape index (κ1) is 18.2. The molecule has 1 aliphatic heterocycles. The Bertz CT molecular complexity index is 402. The molecule has 124 valence electrons. The molecule has 1 aromatic carbocycles. The van der Waals surface area contributed by atoms with Gasteiger partial charge in [-0.1, -0.05) is 0 Å². The van der Waals surface area contributed by atoms with Gasteiger partial charge in [0.25, 0.3) is 0 Å². The Morgan fingerprint density at radius 3 is 2.41 bits per heavy atom. The predicted octanol–water partition coefficient (Wildman–Crippen LogP) is 4.66. The van der Waals surface area contributed by atoms with Gasteiger partial charge < -0.3 is 0 Å². The summed E-state index contributed by atoms with van der Waals surface area (Å²) in [6.45, 7) is 6.56. The third kappa shape index (κ3) is 5.84. The van der Waals surface area contributed by atoms with Crippen molar-refractivity contribution in [2.75, 3.05) is 13.2 Å². The van der Waals surface area contributed by atoms with Crippen LogP contribution in [0.2, 0.25) is 8.87 Å². The van der Waals surface area contributed by atoms with E-state index in [9.17, 15) is 0 Å². The van der Waals surface area contributed by atoms with Gasteiger partial charge in [-0.05, 0) is 0 Å². The van der Waals surface area contributed by atoms with Crippen molar-refractivity contribution in [2.45, 2.75) is 61.1 Å². The molecule has 1 fully saturated rings. The van der Waals surface area contributed by atoms with E-state index in [-0.39, 0.29) is 6.10 Å². The molecule has 4 heteroatoms. The number of unbranched alkanes of at least 4 members (excludes halogenated alkanes) is 2. The second-order valence-electron chi connectivity index (χ2n) is 6.17. The quantitative estimate of drug-likeness (QED) is 0.523. The van der Waals surface area contributed by atoms with Crippen molar-refractivity contribution < 1.29 is 10.9 Å². The van der Waals surface area contributed by atoms with E-state index in [4.69, 9.17) is 10.9 Å². The summed E-state index contributed by atoms with van der Waals surface area (Å²) < 4.78 is 21.0. The Morgan fingerprint density at radius 1 is 1.09 bits per heavy atom. The van der Waals surface area contributed by atoms with Crippen molar-refractivity contribution in [2.24, 2.45) is 0 Å². The van der Waals surface area contributed by atoms with Crippen LogP contribution in [-0.2, 0) is 17.5 Å². The molecule has 1 aliphatic rings. The first-order valence-electron chi connectivity index (χ1n) is 8.71. The molecule has 0 amide bonds. The third-order valence-electron chi connectivity index (χ3n) is 4.15. The van der Waals surface area contributed by atoms with Gasteiger partial charge in [0.05, 0.1) is 0 Å². The van der Waals surface area contributed by atoms with Crippen LogP contribution in [-0.4, -0.2) is 38.5 Å². The predicted molar refractivity (Wildman–Crippen MR) is 92.1 cm³/mol. The van der Waals surface area contributed by atoms with Crippen LogP contribution in [0.5, 0.6) is 0 Å². The molecular formula is C18H30O3Sn. The molecule has 0 aliphatic carbocycles. The van der Waals surface area contributed by atoms with Crippen LogP contribution >= 0.6 is 0 Å². The average molecular weight is 413 g/mol. The standard InChI is InChI=1S/C10H12O3.2C4H9.Sn/c11-6-10(12)8-13-7-9-4-2-1-3-5-9;2*1-3-4-2;/h1-5,10H,6-8H2;2*1,3-4H2,2H3;/q-2;;;+2/t10-;;;/m1.../s1. The monoisotopic (exact) mass is 414 g/mol. The van der Waals surface area contributed by atoms with Crippen molar-refractivity contribution in [3.63, 3.8) is 0 Å². The molecule has 0 aromatic heterocycles. The van der Waals surface area contributed by atoms with E-state index >= 15 is 0 Å². The molecule has 2 rings (SSSR count). The van der Waals surface area contributed by atoms with Gasteiger partial charge in [0.2, 0.25) is 0 Å². The molecule has 0 N–H and O–H groups in total. The average Bonchev–Trinajstić information content (AvgIpc) is 2.96. The third-order valence-corrected chi connectivity index (χ3v) is 14.7. The Balaban J connectivity index is 1.76. The maximum atomic E-state index is 6.45. The second kappa shape index (κ2) is 9.91. The van der Waals surface area contributed by atoms with Gasteiger partial charge in [0, 0.05) is 0 Å². The molecule has 1 atom stereocenters. The van der Waals surface area contributed by atoms with Crippen LogP contribution in [0, 0.1) is 0 Å². The van der Waals surface area contributed by atoms with E-state index in [1.807, 2.05) is 18.2 Å². The van der Waals surface area contributed by atoms with Crippen LogP contribution < -0.4 is 0 Å². The van der Waals surface area contributed by atoms with Crippen LogP contribution in [0.1, 0.15) is 45.1 Å². The molecule has 3 nitrogen and oxygen atoms in total. The van der Waals surface area contributed by atoms with Gasteiger partial charge >= 0.3 is 140 Å². The van der Waals surface area contributed by atoms with Crippen LogP contribution in [0.15, 0.2) is 30.3 Å². The van der Waals surface area contributed by atoms with Gasteiger partial charge in [-0.15, -0.1) is 0 Å². The minimum absolute atomic E-state index is 0.160. The van der Waals surface area contributed by atoms with Crippen LogP contribution in [0.4, 0.5) is 0 Å². The van der Waals surface area contributed by atoms with E-state index in [1.54, 1.807) is 0 Å². The molecule has 0 bridgehead atoms. The van der Waals surface area contributed by atoms with Crippen molar-refractivity contribution in [3.8, 4) is 0 Å². The molecule has 0 unspecified atom stereocenters. The summed E-state index contributed by atoms with van der Waals surface area (Å²) in [6.07, 6.45) is 5.11. The summed E-state index contributed by atoms with van der Waals surface area (Å²) in [4.78, 5) is 0. The molecule has 1 saturated heterocycles. The van der Waals surface area contributed by atoms with E-state index in [1.165, 1.54) is 40.1 Å². The fourth-order valence-electron chi connectivity index (χ4n) is 2.86. The van der Waals surface area contributed by atoms with Gasteiger partial charge in [-0.25, -0.2) is 0 Å². The van der Waals surface area contributed by atoms with Gasteiger partial charge in [-0.2, -0.15) is 0 Å². The van der Waals surface area contributed by atoms with Gasteiger partial charge in [-0.3, -0.25) is 0 Å². The minimum atomic E-state index is -2.76. The normalized spacial score (nSPS) is 20.4. The fraction of sp³-hybridized carbons (Fsp3) is 0.667. The zero-order valence-corrected chi connectivity index (χ0v) is 16.9. The van der Waals surface area contributed by atoms with E-state index in [0.29, 0.717) is 13.2 Å². The first-order valence-corrected chi connectivity index (χ1v) is 15.1. The van der Waals surface area contributed by atoms with Crippen LogP contribution in [0.3, 0.4) is 0 Å². The molecule has 22 heavy (non-hydrogen) atoms. The molecule has 0 saturated carbocycles. The summed E-state index contributed by atoms with van der Waals surface area (Å²) in [7, 11) is 0. The molecule has 0 radical (unpaired) electrons. The van der Waals surface area contributed by atoms with E-state index < -0.39 is 19.2 Å². The Hall–Kier alpha value is -0.101. The fourth-order valence-corrected chi connectivity index (χ4v) is 13.9. The maximum absolute atomic E-state index is 6.45. The molecule has 1 heterocycles. The Kier molecular flexibility index (Phi) is 8.22. The van der Waals surface area contributed by atoms with Crippen molar-refractivity contribution in [1.82, 2.24) is 0 Å². The summed E-state index contributed by atoms with van der Waals surface area (Å²) in [5.41, 5.74) is 1.22. The Labute approximate surface area is 140 Å². The molecular weight excluding hydrogens is 383 g/mol. The summed E-state index contributed by atoms with van der Waals surface area (Å²) in [5, 5.41) is 0. The van der Waals surface area contributed by atoms with Gasteiger partial charge in [0.15, 0.2) is 0 Å². The van der Waals surface area contributed by atoms with E-state index in [2.05, 4.69) is 26.0 Å². The van der Waals surface area contributed by atoms with Crippen molar-refractivity contribution >= 4 is 19.2 Å². The number of rotatable bonds is 10. The topological polar surface area (TPSA) is 27.7 Å². The number of hydrogen-bond donors (Lipinski definition) is 0. The van der Waals surface area contributed by atoms with Crippen molar-refractivity contribution in [3.05, 3.63) is 35.9 Å². The van der Waals surface area contributed by atoms with E-state index in [0.717, 1.165) is 6.61 Å². The number of ether oxygens (including phenoxy) is 1. The number of benzene rings is 1. The zero-order chi connectivity index (χ0) is 15.7. The summed E-state index contributed by atoms with van der Waals surface area (Å²) >= 11 is -2.76. The van der Waals surface area contributed by atoms with Gasteiger partial charge in [0.1, 0.15) is 0 Å². The number of hydrogen-bond acceptors (Lipinski definition) is 3. The summed E-state index contributed by atoms with van der Waals surface area (Å²) in [5.74, 6) is 0. The Morgan fingerprint density at radius 2 is 1.77 bits per heavy atom. The molecule has 0 spiro atoms. The van der Waals surface area contributed by atoms with Crippen LogP contribution in [0.25, 0.3) is 0 Å². The summed E-state index contributed by atoms with van der Waals surface area (Å²) in [6, 6.07) is 10.3. The zero-order valence-electron chi connectivity index (χ0n) is 14.1.